The van der Waals surface area contributed by atoms with Crippen molar-refractivity contribution in [1.82, 2.24) is 5.32 Å². The monoisotopic (exact) mass is 262 g/mol. The molecule has 2 rings (SSSR count). The van der Waals surface area contributed by atoms with Crippen molar-refractivity contribution in [3.63, 3.8) is 0 Å². The fourth-order valence-electron chi connectivity index (χ4n) is 2.31. The van der Waals surface area contributed by atoms with E-state index < -0.39 is 0 Å². The maximum atomic E-state index is 12.0. The summed E-state index contributed by atoms with van der Waals surface area (Å²) in [6.07, 6.45) is 2.87. The summed E-state index contributed by atoms with van der Waals surface area (Å²) in [4.78, 5) is 12.0. The Morgan fingerprint density at radius 3 is 3.16 bits per heavy atom. The van der Waals surface area contributed by atoms with Gasteiger partial charge in [-0.05, 0) is 48.9 Å². The zero-order chi connectivity index (χ0) is 13.7. The number of benzene rings is 1. The number of hydrogen-bond donors (Lipinski definition) is 3. The van der Waals surface area contributed by atoms with Gasteiger partial charge in [0.25, 0.3) is 5.91 Å². The number of anilines is 1. The van der Waals surface area contributed by atoms with E-state index in [0.717, 1.165) is 30.6 Å². The van der Waals surface area contributed by atoms with Gasteiger partial charge in [0.15, 0.2) is 0 Å². The van der Waals surface area contributed by atoms with E-state index in [2.05, 4.69) is 10.6 Å². The zero-order valence-electron chi connectivity index (χ0n) is 11.4. The summed E-state index contributed by atoms with van der Waals surface area (Å²) in [7, 11) is 0. The molecule has 1 heterocycles. The first-order chi connectivity index (χ1) is 9.20. The van der Waals surface area contributed by atoms with Crippen LogP contribution in [0.2, 0.25) is 0 Å². The predicted octanol–water partition coefficient (Wildman–Crippen LogP) is 1.79. The van der Waals surface area contributed by atoms with Crippen LogP contribution in [0, 0.1) is 5.92 Å². The van der Waals surface area contributed by atoms with Crippen molar-refractivity contribution in [1.29, 1.82) is 0 Å². The quantitative estimate of drug-likeness (QED) is 0.758. The van der Waals surface area contributed by atoms with Crippen LogP contribution in [-0.2, 0) is 6.42 Å². The number of nitrogens with one attached hydrogen (secondary N) is 2. The van der Waals surface area contributed by atoms with Crippen LogP contribution in [0.5, 0.6) is 0 Å². The Hall–Kier alpha value is -1.55. The topological polar surface area (TPSA) is 61.4 Å². The highest BCUT2D eigenvalue weighted by atomic mass is 16.3. The van der Waals surface area contributed by atoms with Gasteiger partial charge in [-0.3, -0.25) is 4.79 Å². The minimum Gasteiger partial charge on any atom is -0.396 e. The third-order valence-electron chi connectivity index (χ3n) is 3.54. The molecule has 0 spiro atoms. The van der Waals surface area contributed by atoms with Crippen molar-refractivity contribution in [2.75, 3.05) is 25.0 Å². The molecule has 4 nitrogen and oxygen atoms in total. The van der Waals surface area contributed by atoms with Gasteiger partial charge >= 0.3 is 0 Å². The number of hydrogen-bond acceptors (Lipinski definition) is 3. The number of aliphatic hydroxyl groups excluding tert-OH is 1. The van der Waals surface area contributed by atoms with Crippen molar-refractivity contribution < 1.29 is 9.90 Å². The summed E-state index contributed by atoms with van der Waals surface area (Å²) in [5, 5.41) is 15.1. The molecule has 0 saturated carbocycles. The summed E-state index contributed by atoms with van der Waals surface area (Å²) in [6.45, 7) is 3.81. The molecule has 1 atom stereocenters. The van der Waals surface area contributed by atoms with E-state index in [-0.39, 0.29) is 12.5 Å². The van der Waals surface area contributed by atoms with Gasteiger partial charge in [0.2, 0.25) is 0 Å². The average molecular weight is 262 g/mol. The Kier molecular flexibility index (Phi) is 4.80. The average Bonchev–Trinajstić information content (AvgIpc) is 2.44. The van der Waals surface area contributed by atoms with Crippen LogP contribution < -0.4 is 10.6 Å². The molecule has 0 aromatic heterocycles. The third kappa shape index (κ3) is 3.70. The smallest absolute Gasteiger partial charge is 0.251 e. The van der Waals surface area contributed by atoms with E-state index in [4.69, 9.17) is 5.11 Å². The fourth-order valence-corrected chi connectivity index (χ4v) is 2.31. The van der Waals surface area contributed by atoms with Gasteiger partial charge in [-0.2, -0.15) is 0 Å². The van der Waals surface area contributed by atoms with E-state index in [1.807, 2.05) is 25.1 Å². The van der Waals surface area contributed by atoms with Crippen LogP contribution in [-0.4, -0.2) is 30.7 Å². The van der Waals surface area contributed by atoms with Gasteiger partial charge in [0.1, 0.15) is 0 Å². The Bertz CT molecular complexity index is 446. The molecule has 4 heteroatoms. The summed E-state index contributed by atoms with van der Waals surface area (Å²) >= 11 is 0. The molecular formula is C15H22N2O2. The molecular weight excluding hydrogens is 240 g/mol. The lowest BCUT2D eigenvalue weighted by atomic mass is 10.0. The first kappa shape index (κ1) is 13.9. The standard InChI is InChI=1S/C15H22N2O2/c1-11(6-8-18)10-17-15(19)13-4-5-14-12(9-13)3-2-7-16-14/h4-5,9,11,16,18H,2-3,6-8,10H2,1H3,(H,17,19). The second kappa shape index (κ2) is 6.57. The molecule has 1 amide bonds. The van der Waals surface area contributed by atoms with Crippen molar-refractivity contribution in [2.24, 2.45) is 5.92 Å². The minimum atomic E-state index is -0.0295. The molecule has 1 aliphatic heterocycles. The molecule has 1 unspecified atom stereocenters. The molecule has 1 aromatic carbocycles. The Morgan fingerprint density at radius 2 is 2.37 bits per heavy atom. The van der Waals surface area contributed by atoms with Crippen molar-refractivity contribution in [3.05, 3.63) is 29.3 Å². The minimum absolute atomic E-state index is 0.0295. The van der Waals surface area contributed by atoms with E-state index in [0.29, 0.717) is 18.9 Å². The van der Waals surface area contributed by atoms with Crippen LogP contribution in [0.25, 0.3) is 0 Å². The molecule has 19 heavy (non-hydrogen) atoms. The SMILES string of the molecule is CC(CCO)CNC(=O)c1ccc2c(c1)CCCN2. The number of aliphatic hydroxyl groups is 1. The largest absolute Gasteiger partial charge is 0.396 e. The Balaban J connectivity index is 1.95. The molecule has 0 bridgehead atoms. The van der Waals surface area contributed by atoms with Gasteiger partial charge in [-0.1, -0.05) is 6.92 Å². The van der Waals surface area contributed by atoms with Crippen molar-refractivity contribution in [3.8, 4) is 0 Å². The second-order valence-corrected chi connectivity index (χ2v) is 5.23. The highest BCUT2D eigenvalue weighted by Gasteiger charge is 2.12. The first-order valence-corrected chi connectivity index (χ1v) is 6.96. The first-order valence-electron chi connectivity index (χ1n) is 6.96. The van der Waals surface area contributed by atoms with E-state index in [1.165, 1.54) is 5.56 Å². The number of carbonyl (C=O) groups is 1. The second-order valence-electron chi connectivity index (χ2n) is 5.23. The summed E-state index contributed by atoms with van der Waals surface area (Å²) < 4.78 is 0. The number of rotatable bonds is 5. The lowest BCUT2D eigenvalue weighted by molar-refractivity contribution is 0.0945. The van der Waals surface area contributed by atoms with E-state index >= 15 is 0 Å². The number of fused-ring (bicyclic) bond motifs is 1. The van der Waals surface area contributed by atoms with Gasteiger partial charge in [0, 0.05) is 30.9 Å². The van der Waals surface area contributed by atoms with Crippen molar-refractivity contribution in [2.45, 2.75) is 26.2 Å². The van der Waals surface area contributed by atoms with Crippen LogP contribution in [0.15, 0.2) is 18.2 Å². The molecule has 0 aliphatic carbocycles. The molecule has 0 saturated heterocycles. The van der Waals surface area contributed by atoms with Crippen LogP contribution in [0.4, 0.5) is 5.69 Å². The fraction of sp³-hybridized carbons (Fsp3) is 0.533. The van der Waals surface area contributed by atoms with Gasteiger partial charge in [-0.15, -0.1) is 0 Å². The molecule has 0 radical (unpaired) electrons. The van der Waals surface area contributed by atoms with Gasteiger partial charge in [-0.25, -0.2) is 0 Å². The highest BCUT2D eigenvalue weighted by molar-refractivity contribution is 5.94. The number of amides is 1. The lowest BCUT2D eigenvalue weighted by Gasteiger charge is -2.18. The third-order valence-corrected chi connectivity index (χ3v) is 3.54. The Morgan fingerprint density at radius 1 is 1.53 bits per heavy atom. The number of carbonyl (C=O) groups excluding carboxylic acids is 1. The van der Waals surface area contributed by atoms with Crippen molar-refractivity contribution >= 4 is 11.6 Å². The summed E-state index contributed by atoms with van der Waals surface area (Å²) in [5.41, 5.74) is 3.09. The molecule has 0 fully saturated rings. The highest BCUT2D eigenvalue weighted by Crippen LogP contribution is 2.22. The molecule has 1 aliphatic rings. The maximum absolute atomic E-state index is 12.0. The van der Waals surface area contributed by atoms with E-state index in [1.54, 1.807) is 0 Å². The molecule has 104 valence electrons. The van der Waals surface area contributed by atoms with Crippen LogP contribution in [0.3, 0.4) is 0 Å². The maximum Gasteiger partial charge on any atom is 0.251 e. The summed E-state index contributed by atoms with van der Waals surface area (Å²) in [5.74, 6) is 0.270. The number of aryl methyl sites for hydroxylation is 1. The normalized spacial score (nSPS) is 15.3. The molecule has 1 aromatic rings. The zero-order valence-corrected chi connectivity index (χ0v) is 11.4. The van der Waals surface area contributed by atoms with E-state index in [9.17, 15) is 4.79 Å². The predicted molar refractivity (Wildman–Crippen MR) is 76.5 cm³/mol. The summed E-state index contributed by atoms with van der Waals surface area (Å²) in [6, 6.07) is 5.83. The Labute approximate surface area is 114 Å². The molecule has 3 N–H and O–H groups in total. The van der Waals surface area contributed by atoms with Crippen LogP contribution in [0.1, 0.15) is 35.7 Å². The van der Waals surface area contributed by atoms with Gasteiger partial charge in [0.05, 0.1) is 0 Å². The van der Waals surface area contributed by atoms with Crippen LogP contribution >= 0.6 is 0 Å². The van der Waals surface area contributed by atoms with Gasteiger partial charge < -0.3 is 15.7 Å². The lowest BCUT2D eigenvalue weighted by Crippen LogP contribution is -2.28.